The van der Waals surface area contributed by atoms with Crippen LogP contribution in [0.15, 0.2) is 18.3 Å². The molecule has 1 fully saturated rings. The fourth-order valence-electron chi connectivity index (χ4n) is 3.12. The molecule has 0 aliphatic carbocycles. The molecule has 0 spiro atoms. The van der Waals surface area contributed by atoms with Crippen molar-refractivity contribution in [3.8, 4) is 0 Å². The second kappa shape index (κ2) is 5.55. The molecule has 0 bridgehead atoms. The average molecular weight is 313 g/mol. The van der Waals surface area contributed by atoms with Crippen molar-refractivity contribution in [2.24, 2.45) is 0 Å². The predicted octanol–water partition coefficient (Wildman–Crippen LogP) is 3.19. The molecule has 0 amide bonds. The Bertz CT molecular complexity index is 658. The summed E-state index contributed by atoms with van der Waals surface area (Å²) in [6, 6.07) is 3.33. The van der Waals surface area contributed by atoms with Crippen molar-refractivity contribution in [1.82, 2.24) is 14.9 Å². The molecule has 4 nitrogen and oxygen atoms in total. The summed E-state index contributed by atoms with van der Waals surface area (Å²) in [5.74, 6) is 0. The Morgan fingerprint density at radius 2 is 2.00 bits per heavy atom. The maximum atomic E-state index is 13.3. The van der Waals surface area contributed by atoms with Gasteiger partial charge in [-0.25, -0.2) is 4.98 Å². The number of rotatable bonds is 2. The quantitative estimate of drug-likeness (QED) is 0.926. The lowest BCUT2D eigenvalue weighted by atomic mass is 10.1. The number of alkyl halides is 3. The summed E-state index contributed by atoms with van der Waals surface area (Å²) >= 11 is 0. The summed E-state index contributed by atoms with van der Waals surface area (Å²) in [7, 11) is 0. The summed E-state index contributed by atoms with van der Waals surface area (Å²) in [5, 5.41) is 0.529. The third-order valence-electron chi connectivity index (χ3n) is 3.84. The van der Waals surface area contributed by atoms with Crippen molar-refractivity contribution in [2.75, 3.05) is 13.1 Å². The number of nitrogens with one attached hydrogen (secondary N) is 1. The number of halogens is 3. The van der Waals surface area contributed by atoms with Crippen LogP contribution in [0.2, 0.25) is 0 Å². The Balaban J connectivity index is 1.98. The Morgan fingerprint density at radius 1 is 1.32 bits per heavy atom. The van der Waals surface area contributed by atoms with Crippen LogP contribution in [-0.4, -0.2) is 40.2 Å². The fraction of sp³-hybridized carbons (Fsp3) is 0.533. The minimum Gasteiger partial charge on any atom is -0.373 e. The van der Waals surface area contributed by atoms with Crippen LogP contribution in [0.5, 0.6) is 0 Å². The van der Waals surface area contributed by atoms with Crippen LogP contribution in [0.4, 0.5) is 13.2 Å². The van der Waals surface area contributed by atoms with E-state index in [9.17, 15) is 13.2 Å². The molecule has 120 valence electrons. The molecule has 2 unspecified atom stereocenters. The SMILES string of the molecule is CC1CN(Cc2c(C(F)(F)F)[nH]c3ncccc23)CC(C)O1. The molecule has 1 aliphatic heterocycles. The fourth-order valence-corrected chi connectivity index (χ4v) is 3.12. The first kappa shape index (κ1) is 15.3. The van der Waals surface area contributed by atoms with E-state index in [2.05, 4.69) is 9.97 Å². The van der Waals surface area contributed by atoms with E-state index in [1.54, 1.807) is 12.1 Å². The van der Waals surface area contributed by atoms with E-state index < -0.39 is 11.9 Å². The molecule has 2 atom stereocenters. The van der Waals surface area contributed by atoms with Gasteiger partial charge in [0.1, 0.15) is 11.3 Å². The molecule has 2 aromatic heterocycles. The zero-order chi connectivity index (χ0) is 15.9. The van der Waals surface area contributed by atoms with Gasteiger partial charge in [0.25, 0.3) is 0 Å². The smallest absolute Gasteiger partial charge is 0.373 e. The van der Waals surface area contributed by atoms with Crippen molar-refractivity contribution in [1.29, 1.82) is 0 Å². The van der Waals surface area contributed by atoms with Crippen molar-refractivity contribution in [2.45, 2.75) is 38.8 Å². The van der Waals surface area contributed by atoms with Crippen molar-refractivity contribution in [3.05, 3.63) is 29.6 Å². The number of ether oxygens (including phenoxy) is 1. The summed E-state index contributed by atoms with van der Waals surface area (Å²) in [6.45, 7) is 5.34. The molecule has 3 heterocycles. The van der Waals surface area contributed by atoms with Gasteiger partial charge in [-0.2, -0.15) is 13.2 Å². The first-order valence-electron chi connectivity index (χ1n) is 7.25. The molecule has 1 N–H and O–H groups in total. The van der Waals surface area contributed by atoms with Crippen LogP contribution in [-0.2, 0) is 17.5 Å². The lowest BCUT2D eigenvalue weighted by Crippen LogP contribution is -2.45. The monoisotopic (exact) mass is 313 g/mol. The lowest BCUT2D eigenvalue weighted by Gasteiger charge is -2.35. The molecule has 2 aromatic rings. The van der Waals surface area contributed by atoms with Gasteiger partial charge in [-0.1, -0.05) is 0 Å². The first-order chi connectivity index (χ1) is 10.3. The number of fused-ring (bicyclic) bond motifs is 1. The van der Waals surface area contributed by atoms with Crippen LogP contribution < -0.4 is 0 Å². The Labute approximate surface area is 126 Å². The topological polar surface area (TPSA) is 41.2 Å². The number of nitrogens with zero attached hydrogens (tertiary/aromatic N) is 2. The van der Waals surface area contributed by atoms with Gasteiger partial charge in [0.2, 0.25) is 0 Å². The Hall–Kier alpha value is -1.60. The molecular weight excluding hydrogens is 295 g/mol. The van der Waals surface area contributed by atoms with E-state index in [1.807, 2.05) is 18.7 Å². The largest absolute Gasteiger partial charge is 0.431 e. The standard InChI is InChI=1S/C15H18F3N3O/c1-9-6-21(7-10(2)22-9)8-12-11-4-3-5-19-14(11)20-13(12)15(16,17)18/h3-5,9-10H,6-8H2,1-2H3,(H,19,20). The molecule has 7 heteroatoms. The second-order valence-corrected chi connectivity index (χ2v) is 5.83. The van der Waals surface area contributed by atoms with Crippen LogP contribution in [0, 0.1) is 0 Å². The molecule has 0 aromatic carbocycles. The molecule has 1 aliphatic rings. The Morgan fingerprint density at radius 3 is 2.64 bits per heavy atom. The van der Waals surface area contributed by atoms with Crippen LogP contribution in [0.25, 0.3) is 11.0 Å². The third kappa shape index (κ3) is 2.96. The van der Waals surface area contributed by atoms with E-state index in [4.69, 9.17) is 4.74 Å². The number of hydrogen-bond donors (Lipinski definition) is 1. The number of aromatic nitrogens is 2. The van der Waals surface area contributed by atoms with Gasteiger partial charge in [0.15, 0.2) is 0 Å². The van der Waals surface area contributed by atoms with E-state index >= 15 is 0 Å². The summed E-state index contributed by atoms with van der Waals surface area (Å²) in [4.78, 5) is 8.43. The van der Waals surface area contributed by atoms with Crippen molar-refractivity contribution in [3.63, 3.8) is 0 Å². The van der Waals surface area contributed by atoms with E-state index in [1.165, 1.54) is 6.20 Å². The third-order valence-corrected chi connectivity index (χ3v) is 3.84. The number of morpholine rings is 1. The number of pyridine rings is 1. The zero-order valence-electron chi connectivity index (χ0n) is 12.4. The van der Waals surface area contributed by atoms with Crippen LogP contribution in [0.1, 0.15) is 25.1 Å². The van der Waals surface area contributed by atoms with Gasteiger partial charge >= 0.3 is 6.18 Å². The summed E-state index contributed by atoms with van der Waals surface area (Å²) < 4.78 is 45.5. The molecule has 0 radical (unpaired) electrons. The van der Waals surface area contributed by atoms with Crippen LogP contribution in [0.3, 0.4) is 0 Å². The highest BCUT2D eigenvalue weighted by Gasteiger charge is 2.37. The van der Waals surface area contributed by atoms with Gasteiger partial charge in [-0.3, -0.25) is 4.90 Å². The average Bonchev–Trinajstić information content (AvgIpc) is 2.77. The minimum atomic E-state index is -4.42. The van der Waals surface area contributed by atoms with Crippen LogP contribution >= 0.6 is 0 Å². The van der Waals surface area contributed by atoms with Crippen molar-refractivity contribution >= 4 is 11.0 Å². The molecule has 1 saturated heterocycles. The lowest BCUT2D eigenvalue weighted by molar-refractivity contribution is -0.141. The number of hydrogen-bond acceptors (Lipinski definition) is 3. The van der Waals surface area contributed by atoms with E-state index in [-0.39, 0.29) is 30.0 Å². The van der Waals surface area contributed by atoms with Gasteiger partial charge < -0.3 is 9.72 Å². The normalized spacial score (nSPS) is 24.0. The second-order valence-electron chi connectivity index (χ2n) is 5.83. The molecule has 3 rings (SSSR count). The van der Waals surface area contributed by atoms with Gasteiger partial charge in [-0.15, -0.1) is 0 Å². The summed E-state index contributed by atoms with van der Waals surface area (Å²) in [5.41, 5.74) is -0.163. The number of H-pyrrole nitrogens is 1. The first-order valence-corrected chi connectivity index (χ1v) is 7.25. The highest BCUT2D eigenvalue weighted by Crippen LogP contribution is 2.35. The van der Waals surface area contributed by atoms with E-state index in [0.29, 0.717) is 18.5 Å². The van der Waals surface area contributed by atoms with Gasteiger partial charge in [-0.05, 0) is 26.0 Å². The summed E-state index contributed by atoms with van der Waals surface area (Å²) in [6.07, 6.45) is -2.90. The van der Waals surface area contributed by atoms with Gasteiger partial charge in [0.05, 0.1) is 12.2 Å². The minimum absolute atomic E-state index is 0.0152. The predicted molar refractivity (Wildman–Crippen MR) is 76.4 cm³/mol. The molecule has 22 heavy (non-hydrogen) atoms. The molecular formula is C15H18F3N3O. The van der Waals surface area contributed by atoms with Gasteiger partial charge in [0, 0.05) is 36.8 Å². The molecule has 0 saturated carbocycles. The van der Waals surface area contributed by atoms with Crippen molar-refractivity contribution < 1.29 is 17.9 Å². The highest BCUT2D eigenvalue weighted by atomic mass is 19.4. The Kier molecular flexibility index (Phi) is 3.86. The number of aromatic amines is 1. The zero-order valence-corrected chi connectivity index (χ0v) is 12.4. The highest BCUT2D eigenvalue weighted by molar-refractivity contribution is 5.81. The maximum absolute atomic E-state index is 13.3. The van der Waals surface area contributed by atoms with E-state index in [0.717, 1.165) is 0 Å². The maximum Gasteiger partial charge on any atom is 0.431 e.